The first-order valence-electron chi connectivity index (χ1n) is 6.75. The molecule has 1 unspecified atom stereocenters. The molecule has 17 heavy (non-hydrogen) atoms. The Balaban J connectivity index is 2.03. The molecule has 1 heterocycles. The lowest BCUT2D eigenvalue weighted by Gasteiger charge is -2.33. The maximum absolute atomic E-state index is 5.79. The van der Waals surface area contributed by atoms with Gasteiger partial charge in [-0.2, -0.15) is 11.3 Å². The van der Waals surface area contributed by atoms with Gasteiger partial charge in [0.05, 0.1) is 0 Å². The van der Waals surface area contributed by atoms with Crippen LogP contribution < -0.4 is 11.3 Å². The Morgan fingerprint density at radius 3 is 2.53 bits per heavy atom. The molecule has 2 nitrogen and oxygen atoms in total. The summed E-state index contributed by atoms with van der Waals surface area (Å²) in [5.74, 6) is 7.46. The summed E-state index contributed by atoms with van der Waals surface area (Å²) in [7, 11) is 0. The van der Waals surface area contributed by atoms with Crippen molar-refractivity contribution < 1.29 is 0 Å². The zero-order valence-corrected chi connectivity index (χ0v) is 11.7. The van der Waals surface area contributed by atoms with Crippen LogP contribution >= 0.6 is 11.3 Å². The van der Waals surface area contributed by atoms with Crippen LogP contribution in [-0.4, -0.2) is 0 Å². The highest BCUT2D eigenvalue weighted by Gasteiger charge is 2.28. The van der Waals surface area contributed by atoms with Crippen LogP contribution in [0.5, 0.6) is 0 Å². The van der Waals surface area contributed by atoms with Crippen molar-refractivity contribution in [2.45, 2.75) is 52.0 Å². The van der Waals surface area contributed by atoms with Gasteiger partial charge < -0.3 is 0 Å². The van der Waals surface area contributed by atoms with Gasteiger partial charge in [-0.1, -0.05) is 26.2 Å². The molecule has 96 valence electrons. The van der Waals surface area contributed by atoms with Gasteiger partial charge in [0.2, 0.25) is 0 Å². The molecule has 0 bridgehead atoms. The first kappa shape index (κ1) is 13.1. The molecule has 3 N–H and O–H groups in total. The van der Waals surface area contributed by atoms with Gasteiger partial charge in [-0.15, -0.1) is 0 Å². The van der Waals surface area contributed by atoms with Crippen molar-refractivity contribution >= 4 is 11.3 Å². The lowest BCUT2D eigenvalue weighted by atomic mass is 9.76. The van der Waals surface area contributed by atoms with Gasteiger partial charge >= 0.3 is 0 Å². The average Bonchev–Trinajstić information content (AvgIpc) is 2.78. The highest BCUT2D eigenvalue weighted by atomic mass is 32.1. The topological polar surface area (TPSA) is 38.0 Å². The third-order valence-electron chi connectivity index (χ3n) is 4.35. The average molecular weight is 252 g/mol. The van der Waals surface area contributed by atoms with E-state index in [9.17, 15) is 0 Å². The van der Waals surface area contributed by atoms with Gasteiger partial charge in [-0.05, 0) is 53.5 Å². The molecular weight excluding hydrogens is 228 g/mol. The molecular formula is C14H24N2S. The van der Waals surface area contributed by atoms with E-state index in [-0.39, 0.29) is 0 Å². The Bertz CT molecular complexity index is 340. The molecule has 2 rings (SSSR count). The summed E-state index contributed by atoms with van der Waals surface area (Å²) in [4.78, 5) is 0. The first-order valence-corrected chi connectivity index (χ1v) is 7.69. The number of aryl methyl sites for hydroxylation is 1. The monoisotopic (exact) mass is 252 g/mol. The summed E-state index contributed by atoms with van der Waals surface area (Å²) in [6.07, 6.45) is 6.74. The molecule has 1 aromatic rings. The third kappa shape index (κ3) is 2.90. The number of rotatable bonds is 4. The fraction of sp³-hybridized carbons (Fsp3) is 0.714. The van der Waals surface area contributed by atoms with Crippen LogP contribution in [0.3, 0.4) is 0 Å². The summed E-state index contributed by atoms with van der Waals surface area (Å²) < 4.78 is 0. The van der Waals surface area contributed by atoms with E-state index in [1.165, 1.54) is 43.2 Å². The normalized spacial score (nSPS) is 27.0. The number of thiophene rings is 1. The van der Waals surface area contributed by atoms with Crippen LogP contribution in [0.4, 0.5) is 0 Å². The second-order valence-corrected chi connectivity index (χ2v) is 6.09. The van der Waals surface area contributed by atoms with E-state index in [1.807, 2.05) is 0 Å². The van der Waals surface area contributed by atoms with E-state index in [0.717, 1.165) is 11.8 Å². The number of hydrazine groups is 1. The smallest absolute Gasteiger partial charge is 0.0499 e. The SMILES string of the molecule is CCC1CCC(C(NN)c2cscc2C)CC1. The van der Waals surface area contributed by atoms with Gasteiger partial charge in [0.25, 0.3) is 0 Å². The Labute approximate surface area is 109 Å². The maximum Gasteiger partial charge on any atom is 0.0499 e. The van der Waals surface area contributed by atoms with Gasteiger partial charge in [0.1, 0.15) is 0 Å². The highest BCUT2D eigenvalue weighted by molar-refractivity contribution is 7.08. The summed E-state index contributed by atoms with van der Waals surface area (Å²) >= 11 is 1.78. The minimum Gasteiger partial charge on any atom is -0.271 e. The van der Waals surface area contributed by atoms with Crippen LogP contribution in [0.1, 0.15) is 56.2 Å². The Morgan fingerprint density at radius 2 is 2.06 bits per heavy atom. The number of hydrogen-bond donors (Lipinski definition) is 2. The second kappa shape index (κ2) is 5.98. The van der Waals surface area contributed by atoms with Gasteiger partial charge in [0, 0.05) is 6.04 Å². The molecule has 1 aromatic heterocycles. The molecule has 1 saturated carbocycles. The van der Waals surface area contributed by atoms with Crippen molar-refractivity contribution in [3.05, 3.63) is 21.9 Å². The Kier molecular flexibility index (Phi) is 4.60. The minimum atomic E-state index is 0.360. The van der Waals surface area contributed by atoms with Crippen LogP contribution in [0.25, 0.3) is 0 Å². The van der Waals surface area contributed by atoms with E-state index in [1.54, 1.807) is 11.3 Å². The standard InChI is InChI=1S/C14H24N2S/c1-3-11-4-6-12(7-5-11)14(16-15)13-9-17-8-10(13)2/h8-9,11-12,14,16H,3-7,15H2,1-2H3. The zero-order chi connectivity index (χ0) is 12.3. The van der Waals surface area contributed by atoms with Gasteiger partial charge in [-0.25, -0.2) is 0 Å². The fourth-order valence-corrected chi connectivity index (χ4v) is 3.99. The van der Waals surface area contributed by atoms with Gasteiger partial charge in [-0.3, -0.25) is 11.3 Å². The lowest BCUT2D eigenvalue weighted by Crippen LogP contribution is -2.35. The van der Waals surface area contributed by atoms with Gasteiger partial charge in [0.15, 0.2) is 0 Å². The largest absolute Gasteiger partial charge is 0.271 e. The number of hydrogen-bond acceptors (Lipinski definition) is 3. The number of nitrogens with two attached hydrogens (primary N) is 1. The minimum absolute atomic E-state index is 0.360. The Morgan fingerprint density at radius 1 is 1.35 bits per heavy atom. The molecule has 1 aliphatic carbocycles. The van der Waals surface area contributed by atoms with Crippen LogP contribution in [0.15, 0.2) is 10.8 Å². The molecule has 0 aromatic carbocycles. The Hall–Kier alpha value is -0.380. The number of nitrogens with one attached hydrogen (secondary N) is 1. The molecule has 1 fully saturated rings. The van der Waals surface area contributed by atoms with E-state index in [4.69, 9.17) is 5.84 Å². The van der Waals surface area contributed by atoms with E-state index in [2.05, 4.69) is 30.0 Å². The van der Waals surface area contributed by atoms with Crippen LogP contribution in [-0.2, 0) is 0 Å². The van der Waals surface area contributed by atoms with Crippen molar-refractivity contribution in [1.29, 1.82) is 0 Å². The molecule has 3 heteroatoms. The van der Waals surface area contributed by atoms with Crippen molar-refractivity contribution in [1.82, 2.24) is 5.43 Å². The molecule has 0 saturated heterocycles. The first-order chi connectivity index (χ1) is 8.26. The highest BCUT2D eigenvalue weighted by Crippen LogP contribution is 2.39. The quantitative estimate of drug-likeness (QED) is 0.632. The van der Waals surface area contributed by atoms with Crippen molar-refractivity contribution in [2.75, 3.05) is 0 Å². The molecule has 0 aliphatic heterocycles. The summed E-state index contributed by atoms with van der Waals surface area (Å²) in [5, 5.41) is 4.48. The molecule has 1 aliphatic rings. The van der Waals surface area contributed by atoms with Crippen molar-refractivity contribution in [3.63, 3.8) is 0 Å². The molecule has 0 spiro atoms. The van der Waals surface area contributed by atoms with Crippen molar-refractivity contribution in [2.24, 2.45) is 17.7 Å². The predicted molar refractivity (Wildman–Crippen MR) is 74.9 cm³/mol. The van der Waals surface area contributed by atoms with Crippen LogP contribution in [0, 0.1) is 18.8 Å². The van der Waals surface area contributed by atoms with E-state index in [0.29, 0.717) is 6.04 Å². The zero-order valence-electron chi connectivity index (χ0n) is 10.9. The van der Waals surface area contributed by atoms with E-state index >= 15 is 0 Å². The van der Waals surface area contributed by atoms with Crippen molar-refractivity contribution in [3.8, 4) is 0 Å². The summed E-state index contributed by atoms with van der Waals surface area (Å²) in [6.45, 7) is 4.50. The maximum atomic E-state index is 5.79. The third-order valence-corrected chi connectivity index (χ3v) is 5.23. The lowest BCUT2D eigenvalue weighted by molar-refractivity contribution is 0.219. The molecule has 0 amide bonds. The van der Waals surface area contributed by atoms with E-state index < -0.39 is 0 Å². The molecule has 0 radical (unpaired) electrons. The predicted octanol–water partition coefficient (Wildman–Crippen LogP) is 3.78. The summed E-state index contributed by atoms with van der Waals surface area (Å²) in [5.41, 5.74) is 5.85. The summed E-state index contributed by atoms with van der Waals surface area (Å²) in [6, 6.07) is 0.360. The second-order valence-electron chi connectivity index (χ2n) is 5.34. The van der Waals surface area contributed by atoms with Crippen LogP contribution in [0.2, 0.25) is 0 Å². The fourth-order valence-electron chi connectivity index (χ4n) is 3.10. The molecule has 1 atom stereocenters.